The number of hydrogen-bond donors (Lipinski definition) is 1. The number of nitrogens with zero attached hydrogens (tertiary/aromatic N) is 3. The van der Waals surface area contributed by atoms with Crippen LogP contribution in [0.1, 0.15) is 11.7 Å². The summed E-state index contributed by atoms with van der Waals surface area (Å²) in [6, 6.07) is 5.36. The third-order valence-electron chi connectivity index (χ3n) is 3.93. The predicted molar refractivity (Wildman–Crippen MR) is 93.1 cm³/mol. The molecule has 129 valence electrons. The summed E-state index contributed by atoms with van der Waals surface area (Å²) in [5.41, 5.74) is 1.41. The van der Waals surface area contributed by atoms with E-state index in [0.29, 0.717) is 23.6 Å². The Bertz CT molecular complexity index is 707. The van der Waals surface area contributed by atoms with Crippen LogP contribution in [0.5, 0.6) is 11.5 Å². The number of benzene rings is 1. The summed E-state index contributed by atoms with van der Waals surface area (Å²) in [5, 5.41) is 15.2. The highest BCUT2D eigenvalue weighted by Gasteiger charge is 2.23. The maximum Gasteiger partial charge on any atom is 0.137 e. The van der Waals surface area contributed by atoms with Crippen LogP contribution in [0.25, 0.3) is 0 Å². The number of rotatable bonds is 7. The van der Waals surface area contributed by atoms with Gasteiger partial charge in [0.05, 0.1) is 20.8 Å². The summed E-state index contributed by atoms with van der Waals surface area (Å²) in [6.45, 7) is 0.409. The van der Waals surface area contributed by atoms with Crippen molar-refractivity contribution in [1.82, 2.24) is 14.8 Å². The van der Waals surface area contributed by atoms with E-state index in [-0.39, 0.29) is 0 Å². The fourth-order valence-electron chi connectivity index (χ4n) is 2.66. The van der Waals surface area contributed by atoms with Crippen molar-refractivity contribution in [3.05, 3.63) is 79.7 Å². The second-order valence-electron chi connectivity index (χ2n) is 5.54. The smallest absolute Gasteiger partial charge is 0.137 e. The fourth-order valence-corrected chi connectivity index (χ4v) is 2.66. The number of aromatic nitrogens is 3. The summed E-state index contributed by atoms with van der Waals surface area (Å²) in [5.74, 6) is 2.26. The molecule has 0 saturated heterocycles. The van der Waals surface area contributed by atoms with Crippen molar-refractivity contribution in [3.8, 4) is 11.5 Å². The first-order valence-corrected chi connectivity index (χ1v) is 7.86. The molecule has 1 fully saturated rings. The van der Waals surface area contributed by atoms with Crippen LogP contribution in [0, 0.1) is 31.6 Å². The standard InChI is InChI=1S/C19H20N3O3/c1-24-16-7-8-18(25-2)17(10-16)19(23)15(9-14-5-3-4-6-14)11-22-13-20-12-21-22/h3-10,12-13,19,23H,11H2,1-2H3/b15-9+. The lowest BCUT2D eigenvalue weighted by atomic mass is 9.95. The first kappa shape index (κ1) is 17.5. The van der Waals surface area contributed by atoms with Gasteiger partial charge in [-0.3, -0.25) is 0 Å². The third-order valence-corrected chi connectivity index (χ3v) is 3.93. The van der Waals surface area contributed by atoms with Crippen molar-refractivity contribution in [2.75, 3.05) is 14.2 Å². The van der Waals surface area contributed by atoms with Crippen molar-refractivity contribution >= 4 is 0 Å². The second kappa shape index (κ2) is 8.16. The molecular weight excluding hydrogens is 318 g/mol. The van der Waals surface area contributed by atoms with Gasteiger partial charge in [-0.05, 0) is 49.5 Å². The van der Waals surface area contributed by atoms with Crippen LogP contribution in [0.4, 0.5) is 0 Å². The van der Waals surface area contributed by atoms with Crippen molar-refractivity contribution in [1.29, 1.82) is 0 Å². The summed E-state index contributed by atoms with van der Waals surface area (Å²) in [4.78, 5) is 3.96. The van der Waals surface area contributed by atoms with Crippen LogP contribution < -0.4 is 9.47 Å². The number of ether oxygens (including phenoxy) is 2. The minimum atomic E-state index is -0.871. The van der Waals surface area contributed by atoms with Gasteiger partial charge in [0.1, 0.15) is 30.3 Å². The molecule has 25 heavy (non-hydrogen) atoms. The number of methoxy groups -OCH3 is 2. The van der Waals surface area contributed by atoms with E-state index >= 15 is 0 Å². The average molecular weight is 338 g/mol. The average Bonchev–Trinajstić information content (AvgIpc) is 3.34. The Labute approximate surface area is 148 Å². The zero-order chi connectivity index (χ0) is 17.6. The Morgan fingerprint density at radius 2 is 2.04 bits per heavy atom. The molecule has 6 heteroatoms. The number of aliphatic hydroxyl groups is 1. The Morgan fingerprint density at radius 1 is 1.24 bits per heavy atom. The summed E-state index contributed by atoms with van der Waals surface area (Å²) in [7, 11) is 3.17. The quantitative estimate of drug-likeness (QED) is 0.839. The molecule has 1 heterocycles. The first-order valence-electron chi connectivity index (χ1n) is 7.86. The molecule has 1 saturated carbocycles. The largest absolute Gasteiger partial charge is 0.497 e. The zero-order valence-corrected chi connectivity index (χ0v) is 14.2. The van der Waals surface area contributed by atoms with Gasteiger partial charge in [-0.25, -0.2) is 9.67 Å². The van der Waals surface area contributed by atoms with Gasteiger partial charge in [-0.2, -0.15) is 5.10 Å². The van der Waals surface area contributed by atoms with E-state index in [9.17, 15) is 5.11 Å². The lowest BCUT2D eigenvalue weighted by Gasteiger charge is -2.20. The third kappa shape index (κ3) is 4.20. The molecule has 0 spiro atoms. The lowest BCUT2D eigenvalue weighted by molar-refractivity contribution is 0.202. The Balaban J connectivity index is 1.94. The van der Waals surface area contributed by atoms with E-state index < -0.39 is 6.10 Å². The van der Waals surface area contributed by atoms with E-state index in [1.54, 1.807) is 43.4 Å². The Hall–Kier alpha value is -2.34. The first-order chi connectivity index (χ1) is 12.2. The van der Waals surface area contributed by atoms with Gasteiger partial charge < -0.3 is 14.6 Å². The lowest BCUT2D eigenvalue weighted by Crippen LogP contribution is -2.12. The summed E-state index contributed by atoms with van der Waals surface area (Å²) in [6.07, 6.45) is 12.0. The molecule has 1 unspecified atom stereocenters. The maximum atomic E-state index is 11.0. The van der Waals surface area contributed by atoms with Gasteiger partial charge in [0.15, 0.2) is 0 Å². The molecule has 0 amide bonds. The molecule has 1 atom stereocenters. The highest BCUT2D eigenvalue weighted by atomic mass is 16.5. The van der Waals surface area contributed by atoms with Gasteiger partial charge in [-0.1, -0.05) is 6.08 Å². The van der Waals surface area contributed by atoms with E-state index in [2.05, 4.69) is 10.1 Å². The predicted octanol–water partition coefficient (Wildman–Crippen LogP) is 2.36. The van der Waals surface area contributed by atoms with Crippen LogP contribution in [0.3, 0.4) is 0 Å². The van der Waals surface area contributed by atoms with Crippen molar-refractivity contribution in [2.45, 2.75) is 12.6 Å². The number of hydrogen-bond acceptors (Lipinski definition) is 5. The highest BCUT2D eigenvalue weighted by Crippen LogP contribution is 2.35. The molecule has 1 aliphatic rings. The molecule has 0 bridgehead atoms. The molecule has 2 aromatic rings. The summed E-state index contributed by atoms with van der Waals surface area (Å²) < 4.78 is 12.4. The van der Waals surface area contributed by atoms with E-state index in [4.69, 9.17) is 9.47 Å². The van der Waals surface area contributed by atoms with E-state index in [1.807, 2.05) is 31.8 Å². The van der Waals surface area contributed by atoms with Crippen molar-refractivity contribution < 1.29 is 14.6 Å². The minimum Gasteiger partial charge on any atom is -0.497 e. The molecule has 3 rings (SSSR count). The Morgan fingerprint density at radius 3 is 2.68 bits per heavy atom. The maximum absolute atomic E-state index is 11.0. The molecule has 1 aromatic heterocycles. The van der Waals surface area contributed by atoms with Gasteiger partial charge in [-0.15, -0.1) is 0 Å². The minimum absolute atomic E-state index is 0.409. The fraction of sp³-hybridized carbons (Fsp3) is 0.211. The topological polar surface area (TPSA) is 69.4 Å². The second-order valence-corrected chi connectivity index (χ2v) is 5.54. The normalized spacial score (nSPS) is 16.8. The van der Waals surface area contributed by atoms with Crippen LogP contribution in [0.2, 0.25) is 0 Å². The monoisotopic (exact) mass is 338 g/mol. The molecular formula is C19H20N3O3. The van der Waals surface area contributed by atoms with Gasteiger partial charge in [0.2, 0.25) is 0 Å². The van der Waals surface area contributed by atoms with Crippen LogP contribution in [-0.2, 0) is 6.54 Å². The highest BCUT2D eigenvalue weighted by molar-refractivity contribution is 5.48. The molecule has 0 aliphatic heterocycles. The van der Waals surface area contributed by atoms with Gasteiger partial charge >= 0.3 is 0 Å². The number of aliphatic hydroxyl groups excluding tert-OH is 1. The SMILES string of the molecule is COc1ccc(OC)c(C(O)/C(=C/[C]2[CH][CH][CH][CH]2)Cn2cncn2)c1. The van der Waals surface area contributed by atoms with Gasteiger partial charge in [0, 0.05) is 11.5 Å². The van der Waals surface area contributed by atoms with Gasteiger partial charge in [0.25, 0.3) is 0 Å². The number of allylic oxidation sites excluding steroid dienone is 1. The van der Waals surface area contributed by atoms with E-state index in [1.165, 1.54) is 6.33 Å². The summed E-state index contributed by atoms with van der Waals surface area (Å²) >= 11 is 0. The van der Waals surface area contributed by atoms with E-state index in [0.717, 1.165) is 11.5 Å². The molecule has 1 aliphatic carbocycles. The molecule has 5 radical (unpaired) electrons. The van der Waals surface area contributed by atoms with Crippen LogP contribution >= 0.6 is 0 Å². The van der Waals surface area contributed by atoms with Crippen molar-refractivity contribution in [3.63, 3.8) is 0 Å². The van der Waals surface area contributed by atoms with Crippen LogP contribution in [0.15, 0.2) is 42.5 Å². The van der Waals surface area contributed by atoms with Crippen LogP contribution in [-0.4, -0.2) is 34.1 Å². The zero-order valence-electron chi connectivity index (χ0n) is 14.2. The van der Waals surface area contributed by atoms with Crippen molar-refractivity contribution in [2.24, 2.45) is 0 Å². The molecule has 6 nitrogen and oxygen atoms in total. The molecule has 1 N–H and O–H groups in total. The molecule has 1 aromatic carbocycles. The Kier molecular flexibility index (Phi) is 5.71.